The fraction of sp³-hybridized carbons (Fsp3) is 0.650. The Bertz CT molecular complexity index is 840. The Hall–Kier alpha value is -2.33. The highest BCUT2D eigenvalue weighted by Crippen LogP contribution is 2.25. The summed E-state index contributed by atoms with van der Waals surface area (Å²) in [6.07, 6.45) is 2.97. The number of ether oxygens (including phenoxy) is 1. The summed E-state index contributed by atoms with van der Waals surface area (Å²) in [7, 11) is 3.70. The molecule has 4 heterocycles. The molecule has 1 unspecified atom stereocenters. The van der Waals surface area contributed by atoms with E-state index < -0.39 is 6.43 Å². The Morgan fingerprint density at radius 1 is 1.27 bits per heavy atom. The lowest BCUT2D eigenvalue weighted by Crippen LogP contribution is -2.47. The Morgan fingerprint density at radius 2 is 2.07 bits per heavy atom. The second kappa shape index (κ2) is 9.22. The summed E-state index contributed by atoms with van der Waals surface area (Å²) in [4.78, 5) is 15.8. The molecule has 8 nitrogen and oxygen atoms in total. The van der Waals surface area contributed by atoms with Crippen molar-refractivity contribution >= 4 is 11.8 Å². The molecule has 0 aromatic carbocycles. The van der Waals surface area contributed by atoms with Gasteiger partial charge in [-0.05, 0) is 25.5 Å². The van der Waals surface area contributed by atoms with Crippen LogP contribution in [0.15, 0.2) is 18.5 Å². The molecule has 0 amide bonds. The maximum absolute atomic E-state index is 13.3. The largest absolute Gasteiger partial charge is 0.378 e. The summed E-state index contributed by atoms with van der Waals surface area (Å²) < 4.78 is 33.5. The van der Waals surface area contributed by atoms with Crippen molar-refractivity contribution in [3.8, 4) is 0 Å². The van der Waals surface area contributed by atoms with Gasteiger partial charge in [-0.2, -0.15) is 10.1 Å². The Morgan fingerprint density at radius 3 is 2.83 bits per heavy atom. The van der Waals surface area contributed by atoms with Crippen LogP contribution >= 0.6 is 0 Å². The minimum absolute atomic E-state index is 0.116. The molecule has 0 saturated carbocycles. The van der Waals surface area contributed by atoms with E-state index in [1.165, 1.54) is 4.68 Å². The fourth-order valence-electron chi connectivity index (χ4n) is 4.23. The Kier molecular flexibility index (Phi) is 6.43. The standard InChI is InChI=1S/C20H29F2N7O/c1-26-12-15(18(25-26)19(21)22)13-28-7-3-4-16(14-28)27(2)20-23-6-5-17(24-20)29-8-10-30-11-9-29/h5-6,12,16,19H,3-4,7-11,13-14H2,1-2H3. The van der Waals surface area contributed by atoms with Gasteiger partial charge in [-0.25, -0.2) is 13.8 Å². The predicted octanol–water partition coefficient (Wildman–Crippen LogP) is 2.09. The number of nitrogens with zero attached hydrogens (tertiary/aromatic N) is 7. The highest BCUT2D eigenvalue weighted by molar-refractivity contribution is 5.44. The third kappa shape index (κ3) is 4.70. The van der Waals surface area contributed by atoms with Crippen molar-refractivity contribution in [3.63, 3.8) is 0 Å². The highest BCUT2D eigenvalue weighted by atomic mass is 19.3. The van der Waals surface area contributed by atoms with Gasteiger partial charge in [-0.1, -0.05) is 0 Å². The van der Waals surface area contributed by atoms with Crippen LogP contribution in [0.25, 0.3) is 0 Å². The molecule has 164 valence electrons. The maximum Gasteiger partial charge on any atom is 0.282 e. The SMILES string of the molecule is CN(c1nccc(N2CCOCC2)n1)C1CCCN(Cc2cn(C)nc2C(F)F)C1. The molecule has 0 spiro atoms. The van der Waals surface area contributed by atoms with Crippen molar-refractivity contribution in [1.29, 1.82) is 0 Å². The van der Waals surface area contributed by atoms with Crippen LogP contribution in [0.1, 0.15) is 30.5 Å². The first-order valence-electron chi connectivity index (χ1n) is 10.4. The van der Waals surface area contributed by atoms with E-state index in [1.807, 2.05) is 13.1 Å². The van der Waals surface area contributed by atoms with Crippen LogP contribution in [-0.4, -0.2) is 77.1 Å². The molecule has 2 aromatic heterocycles. The van der Waals surface area contributed by atoms with Crippen molar-refractivity contribution in [3.05, 3.63) is 29.7 Å². The normalized spacial score (nSPS) is 20.7. The lowest BCUT2D eigenvalue weighted by molar-refractivity contribution is 0.122. The number of aromatic nitrogens is 4. The van der Waals surface area contributed by atoms with Crippen LogP contribution in [0, 0.1) is 0 Å². The van der Waals surface area contributed by atoms with E-state index in [4.69, 9.17) is 9.72 Å². The van der Waals surface area contributed by atoms with Gasteiger partial charge in [-0.15, -0.1) is 0 Å². The number of aryl methyl sites for hydroxylation is 1. The monoisotopic (exact) mass is 421 g/mol. The molecule has 30 heavy (non-hydrogen) atoms. The number of likely N-dealkylation sites (N-methyl/N-ethyl adjacent to an activating group) is 1. The van der Waals surface area contributed by atoms with Gasteiger partial charge in [0.25, 0.3) is 6.43 Å². The summed E-state index contributed by atoms with van der Waals surface area (Å²) >= 11 is 0. The van der Waals surface area contributed by atoms with E-state index in [2.05, 4.69) is 24.8 Å². The zero-order valence-electron chi connectivity index (χ0n) is 17.5. The molecular weight excluding hydrogens is 392 g/mol. The molecule has 2 saturated heterocycles. The van der Waals surface area contributed by atoms with Gasteiger partial charge in [-0.3, -0.25) is 9.58 Å². The molecular formula is C20H29F2N7O. The molecule has 0 radical (unpaired) electrons. The molecule has 0 N–H and O–H groups in total. The van der Waals surface area contributed by atoms with E-state index in [9.17, 15) is 8.78 Å². The summed E-state index contributed by atoms with van der Waals surface area (Å²) in [5.41, 5.74) is 0.482. The average Bonchev–Trinajstić information content (AvgIpc) is 3.14. The van der Waals surface area contributed by atoms with Gasteiger partial charge >= 0.3 is 0 Å². The van der Waals surface area contributed by atoms with Crippen molar-refractivity contribution in [2.75, 3.05) is 56.2 Å². The molecule has 2 aromatic rings. The number of hydrogen-bond acceptors (Lipinski definition) is 7. The van der Waals surface area contributed by atoms with Crippen molar-refractivity contribution < 1.29 is 13.5 Å². The van der Waals surface area contributed by atoms with Gasteiger partial charge in [0.2, 0.25) is 5.95 Å². The van der Waals surface area contributed by atoms with E-state index in [0.717, 1.165) is 44.8 Å². The molecule has 2 fully saturated rings. The van der Waals surface area contributed by atoms with Crippen LogP contribution in [0.5, 0.6) is 0 Å². The molecule has 2 aliphatic rings. The zero-order chi connectivity index (χ0) is 21.1. The Labute approximate surface area is 175 Å². The van der Waals surface area contributed by atoms with Gasteiger partial charge in [0.1, 0.15) is 11.5 Å². The van der Waals surface area contributed by atoms with Gasteiger partial charge in [0.15, 0.2) is 0 Å². The second-order valence-electron chi connectivity index (χ2n) is 7.97. The van der Waals surface area contributed by atoms with Crippen LogP contribution in [0.4, 0.5) is 20.5 Å². The summed E-state index contributed by atoms with van der Waals surface area (Å²) in [6, 6.07) is 2.16. The third-order valence-electron chi connectivity index (χ3n) is 5.84. The third-order valence-corrected chi connectivity index (χ3v) is 5.84. The first-order valence-corrected chi connectivity index (χ1v) is 10.4. The van der Waals surface area contributed by atoms with E-state index >= 15 is 0 Å². The van der Waals surface area contributed by atoms with Crippen molar-refractivity contribution in [2.45, 2.75) is 31.9 Å². The number of likely N-dealkylation sites (tertiary alicyclic amines) is 1. The number of halogens is 2. The number of hydrogen-bond donors (Lipinski definition) is 0. The molecule has 2 aliphatic heterocycles. The minimum atomic E-state index is -2.55. The molecule has 0 bridgehead atoms. The van der Waals surface area contributed by atoms with Gasteiger partial charge in [0, 0.05) is 64.3 Å². The van der Waals surface area contributed by atoms with Crippen LogP contribution in [0.2, 0.25) is 0 Å². The average molecular weight is 421 g/mol. The first-order chi connectivity index (χ1) is 14.5. The smallest absolute Gasteiger partial charge is 0.282 e. The number of piperidine rings is 1. The van der Waals surface area contributed by atoms with Crippen LogP contribution in [0.3, 0.4) is 0 Å². The van der Waals surface area contributed by atoms with Crippen LogP contribution < -0.4 is 9.80 Å². The summed E-state index contributed by atoms with van der Waals surface area (Å²) in [6.45, 7) is 5.22. The van der Waals surface area contributed by atoms with Crippen molar-refractivity contribution in [1.82, 2.24) is 24.6 Å². The lowest BCUT2D eigenvalue weighted by Gasteiger charge is -2.38. The maximum atomic E-state index is 13.3. The van der Waals surface area contributed by atoms with Crippen molar-refractivity contribution in [2.24, 2.45) is 7.05 Å². The Balaban J connectivity index is 1.43. The second-order valence-corrected chi connectivity index (χ2v) is 7.97. The quantitative estimate of drug-likeness (QED) is 0.708. The van der Waals surface area contributed by atoms with Gasteiger partial charge in [0.05, 0.1) is 13.2 Å². The summed E-state index contributed by atoms with van der Waals surface area (Å²) in [5, 5.41) is 3.93. The zero-order valence-corrected chi connectivity index (χ0v) is 17.5. The number of alkyl halides is 2. The lowest BCUT2D eigenvalue weighted by atomic mass is 10.0. The number of morpholine rings is 1. The minimum Gasteiger partial charge on any atom is -0.378 e. The topological polar surface area (TPSA) is 62.6 Å². The molecule has 4 rings (SSSR count). The summed E-state index contributed by atoms with van der Waals surface area (Å²) in [5.74, 6) is 1.61. The fourth-order valence-corrected chi connectivity index (χ4v) is 4.23. The molecule has 0 aliphatic carbocycles. The number of rotatable bonds is 6. The van der Waals surface area contributed by atoms with E-state index in [0.29, 0.717) is 31.3 Å². The molecule has 10 heteroatoms. The van der Waals surface area contributed by atoms with Gasteiger partial charge < -0.3 is 14.5 Å². The van der Waals surface area contributed by atoms with E-state index in [-0.39, 0.29) is 11.7 Å². The highest BCUT2D eigenvalue weighted by Gasteiger charge is 2.27. The number of anilines is 2. The predicted molar refractivity (Wildman–Crippen MR) is 110 cm³/mol. The first kappa shape index (κ1) is 20.9. The van der Waals surface area contributed by atoms with Crippen LogP contribution in [-0.2, 0) is 18.3 Å². The molecule has 1 atom stereocenters. The van der Waals surface area contributed by atoms with E-state index in [1.54, 1.807) is 19.4 Å².